The van der Waals surface area contributed by atoms with Gasteiger partial charge < -0.3 is 14.5 Å². The number of aromatic carboxylic acids is 1. The molecule has 0 saturated heterocycles. The van der Waals surface area contributed by atoms with Gasteiger partial charge in [-0.3, -0.25) is 4.79 Å². The van der Waals surface area contributed by atoms with Gasteiger partial charge in [-0.1, -0.05) is 0 Å². The number of H-pyrrole nitrogens is 1. The zero-order valence-electron chi connectivity index (χ0n) is 7.43. The van der Waals surface area contributed by atoms with Crippen LogP contribution in [-0.4, -0.2) is 21.0 Å². The first-order valence-corrected chi connectivity index (χ1v) is 4.03. The Balaban J connectivity index is 2.59. The first-order valence-electron chi connectivity index (χ1n) is 4.03. The fourth-order valence-corrected chi connectivity index (χ4v) is 1.14. The Morgan fingerprint density at radius 1 is 1.47 bits per heavy atom. The Kier molecular flexibility index (Phi) is 2.09. The fraction of sp³-hybridized carbons (Fsp3) is 0. The van der Waals surface area contributed by atoms with Crippen molar-refractivity contribution in [1.29, 1.82) is 0 Å². The lowest BCUT2D eigenvalue weighted by atomic mass is 10.2. The molecule has 6 nitrogen and oxygen atoms in total. The van der Waals surface area contributed by atoms with Crippen LogP contribution in [0.2, 0.25) is 0 Å². The van der Waals surface area contributed by atoms with E-state index in [4.69, 9.17) is 9.52 Å². The van der Waals surface area contributed by atoms with Crippen LogP contribution in [0, 0.1) is 0 Å². The summed E-state index contributed by atoms with van der Waals surface area (Å²) in [4.78, 5) is 28.0. The molecule has 2 N–H and O–H groups in total. The maximum absolute atomic E-state index is 11.2. The van der Waals surface area contributed by atoms with Gasteiger partial charge in [0.1, 0.15) is 5.69 Å². The van der Waals surface area contributed by atoms with Gasteiger partial charge in [0.25, 0.3) is 0 Å². The highest BCUT2D eigenvalue weighted by Gasteiger charge is 2.09. The maximum Gasteiger partial charge on any atom is 0.352 e. The van der Waals surface area contributed by atoms with Gasteiger partial charge >= 0.3 is 5.97 Å². The summed E-state index contributed by atoms with van der Waals surface area (Å²) in [5.74, 6) is -0.885. The minimum atomic E-state index is -1.20. The van der Waals surface area contributed by atoms with E-state index in [-0.39, 0.29) is 11.4 Å². The number of carbonyl (C=O) groups is 1. The Labute approximate surface area is 83.2 Å². The third-order valence-corrected chi connectivity index (χ3v) is 1.77. The molecular weight excluding hydrogens is 200 g/mol. The molecule has 0 aliphatic carbocycles. The maximum atomic E-state index is 11.2. The zero-order valence-corrected chi connectivity index (χ0v) is 7.43. The van der Waals surface area contributed by atoms with Crippen molar-refractivity contribution in [3.63, 3.8) is 0 Å². The largest absolute Gasteiger partial charge is 0.477 e. The van der Waals surface area contributed by atoms with Crippen molar-refractivity contribution in [3.8, 4) is 11.5 Å². The van der Waals surface area contributed by atoms with E-state index in [1.54, 1.807) is 0 Å². The number of aromatic amines is 1. The summed E-state index contributed by atoms with van der Waals surface area (Å²) in [6.45, 7) is 0. The summed E-state index contributed by atoms with van der Waals surface area (Å²) in [6.07, 6.45) is 2.58. The van der Waals surface area contributed by atoms with Gasteiger partial charge in [0.05, 0.1) is 11.9 Å². The summed E-state index contributed by atoms with van der Waals surface area (Å²) >= 11 is 0. The topological polar surface area (TPSA) is 96.2 Å². The van der Waals surface area contributed by atoms with E-state index in [1.807, 2.05) is 0 Å². The average Bonchev–Trinajstić information content (AvgIpc) is 2.69. The van der Waals surface area contributed by atoms with E-state index in [0.717, 1.165) is 6.07 Å². The van der Waals surface area contributed by atoms with Crippen molar-refractivity contribution < 1.29 is 14.3 Å². The SMILES string of the molecule is O=C(O)c1cc(=O)cc(-c2cnco2)[nH]1. The third-order valence-electron chi connectivity index (χ3n) is 1.77. The highest BCUT2D eigenvalue weighted by molar-refractivity contribution is 5.85. The Morgan fingerprint density at radius 2 is 2.27 bits per heavy atom. The van der Waals surface area contributed by atoms with Crippen LogP contribution >= 0.6 is 0 Å². The highest BCUT2D eigenvalue weighted by atomic mass is 16.4. The molecule has 2 aromatic rings. The predicted octanol–water partition coefficient (Wildman–Crippen LogP) is 0.728. The molecule has 0 radical (unpaired) electrons. The van der Waals surface area contributed by atoms with Crippen LogP contribution in [0.1, 0.15) is 10.5 Å². The van der Waals surface area contributed by atoms with Crippen molar-refractivity contribution >= 4 is 5.97 Å². The number of carboxylic acids is 1. The number of aromatic nitrogens is 2. The molecule has 2 heterocycles. The molecule has 0 aromatic carbocycles. The van der Waals surface area contributed by atoms with E-state index in [1.165, 1.54) is 18.7 Å². The summed E-state index contributed by atoms with van der Waals surface area (Å²) in [6, 6.07) is 2.25. The molecular formula is C9H6N2O4. The van der Waals surface area contributed by atoms with Crippen molar-refractivity contribution in [1.82, 2.24) is 9.97 Å². The number of nitrogens with one attached hydrogen (secondary N) is 1. The quantitative estimate of drug-likeness (QED) is 0.754. The van der Waals surface area contributed by atoms with Crippen molar-refractivity contribution in [2.24, 2.45) is 0 Å². The van der Waals surface area contributed by atoms with E-state index < -0.39 is 11.4 Å². The second-order valence-electron chi connectivity index (χ2n) is 2.81. The van der Waals surface area contributed by atoms with Crippen LogP contribution in [-0.2, 0) is 0 Å². The summed E-state index contributed by atoms with van der Waals surface area (Å²) in [5.41, 5.74) is -0.302. The molecule has 76 valence electrons. The van der Waals surface area contributed by atoms with Crippen molar-refractivity contribution in [3.05, 3.63) is 40.6 Å². The van der Waals surface area contributed by atoms with Gasteiger partial charge in [0.2, 0.25) is 0 Å². The Hall–Kier alpha value is -2.37. The molecule has 0 bridgehead atoms. The smallest absolute Gasteiger partial charge is 0.352 e. The molecule has 0 fully saturated rings. The number of hydrogen-bond acceptors (Lipinski definition) is 4. The van der Waals surface area contributed by atoms with E-state index in [2.05, 4.69) is 9.97 Å². The number of carboxylic acid groups (broad SMARTS) is 1. The predicted molar refractivity (Wildman–Crippen MR) is 49.5 cm³/mol. The lowest BCUT2D eigenvalue weighted by Crippen LogP contribution is -2.08. The van der Waals surface area contributed by atoms with Gasteiger partial charge in [0.15, 0.2) is 17.6 Å². The summed E-state index contributed by atoms with van der Waals surface area (Å²) in [7, 11) is 0. The van der Waals surface area contributed by atoms with Gasteiger partial charge in [-0.2, -0.15) is 0 Å². The third kappa shape index (κ3) is 1.78. The Morgan fingerprint density at radius 3 is 2.87 bits per heavy atom. The number of pyridine rings is 1. The molecule has 0 atom stereocenters. The summed E-state index contributed by atoms with van der Waals surface area (Å²) in [5, 5.41) is 8.71. The number of oxazole rings is 1. The molecule has 0 aliphatic heterocycles. The second kappa shape index (κ2) is 3.41. The molecule has 0 unspecified atom stereocenters. The minimum absolute atomic E-state index is 0.186. The average molecular weight is 206 g/mol. The molecule has 0 amide bonds. The van der Waals surface area contributed by atoms with Gasteiger partial charge in [0, 0.05) is 12.1 Å². The van der Waals surface area contributed by atoms with Crippen LogP contribution in [0.25, 0.3) is 11.5 Å². The normalized spacial score (nSPS) is 10.1. The minimum Gasteiger partial charge on any atom is -0.477 e. The molecule has 6 heteroatoms. The molecule has 0 spiro atoms. The molecule has 2 aromatic heterocycles. The van der Waals surface area contributed by atoms with Crippen LogP contribution in [0.15, 0.2) is 33.9 Å². The first-order chi connectivity index (χ1) is 7.16. The van der Waals surface area contributed by atoms with E-state index >= 15 is 0 Å². The van der Waals surface area contributed by atoms with Crippen molar-refractivity contribution in [2.75, 3.05) is 0 Å². The van der Waals surface area contributed by atoms with Crippen molar-refractivity contribution in [2.45, 2.75) is 0 Å². The second-order valence-corrected chi connectivity index (χ2v) is 2.81. The molecule has 15 heavy (non-hydrogen) atoms. The van der Waals surface area contributed by atoms with Gasteiger partial charge in [-0.15, -0.1) is 0 Å². The summed E-state index contributed by atoms with van der Waals surface area (Å²) < 4.78 is 4.94. The van der Waals surface area contributed by atoms with Gasteiger partial charge in [-0.05, 0) is 0 Å². The first kappa shape index (κ1) is 9.20. The van der Waals surface area contributed by atoms with Crippen LogP contribution < -0.4 is 5.43 Å². The standard InChI is InChI=1S/C9H6N2O4/c12-5-1-6(8-3-10-4-15-8)11-7(2-5)9(13)14/h1-4H,(H,11,12)(H,13,14). The van der Waals surface area contributed by atoms with Crippen LogP contribution in [0.5, 0.6) is 0 Å². The fourth-order valence-electron chi connectivity index (χ4n) is 1.14. The Bertz CT molecular complexity index is 541. The van der Waals surface area contributed by atoms with Crippen LogP contribution in [0.4, 0.5) is 0 Å². The van der Waals surface area contributed by atoms with Crippen LogP contribution in [0.3, 0.4) is 0 Å². The monoisotopic (exact) mass is 206 g/mol. The number of hydrogen-bond donors (Lipinski definition) is 2. The van der Waals surface area contributed by atoms with E-state index in [0.29, 0.717) is 5.76 Å². The molecule has 0 aliphatic rings. The number of nitrogens with zero attached hydrogens (tertiary/aromatic N) is 1. The number of rotatable bonds is 2. The lowest BCUT2D eigenvalue weighted by Gasteiger charge is -1.98. The molecule has 2 rings (SSSR count). The lowest BCUT2D eigenvalue weighted by molar-refractivity contribution is 0.0690. The van der Waals surface area contributed by atoms with Gasteiger partial charge in [-0.25, -0.2) is 9.78 Å². The molecule has 0 saturated carbocycles. The highest BCUT2D eigenvalue weighted by Crippen LogP contribution is 2.13. The van der Waals surface area contributed by atoms with E-state index in [9.17, 15) is 9.59 Å². The zero-order chi connectivity index (χ0) is 10.8.